The molecule has 0 aliphatic carbocycles. The van der Waals surface area contributed by atoms with Gasteiger partial charge in [0.05, 0.1) is 36.1 Å². The van der Waals surface area contributed by atoms with Crippen LogP contribution in [0.3, 0.4) is 0 Å². The smallest absolute Gasteiger partial charge is 0.271 e. The maximum absolute atomic E-state index is 14.2. The molecule has 0 fully saturated rings. The molecule has 1 aromatic heterocycles. The van der Waals surface area contributed by atoms with Gasteiger partial charge in [-0.3, -0.25) is 14.2 Å². The van der Waals surface area contributed by atoms with Crippen molar-refractivity contribution in [2.24, 2.45) is 4.99 Å². The number of anilines is 1. The summed E-state index contributed by atoms with van der Waals surface area (Å²) in [4.78, 5) is 33.3. The summed E-state index contributed by atoms with van der Waals surface area (Å²) in [6.45, 7) is 2.17. The number of carbonyl (C=O) groups is 1. The number of nitrogens with zero attached hydrogens (tertiary/aromatic N) is 2. The van der Waals surface area contributed by atoms with Gasteiger partial charge in [-0.25, -0.2) is 4.99 Å². The number of hydrogen-bond donors (Lipinski definition) is 1. The van der Waals surface area contributed by atoms with Gasteiger partial charge in [0.25, 0.3) is 11.5 Å². The van der Waals surface area contributed by atoms with Crippen molar-refractivity contribution >= 4 is 39.8 Å². The summed E-state index contributed by atoms with van der Waals surface area (Å²) in [7, 11) is 3.18. The maximum Gasteiger partial charge on any atom is 0.271 e. The first-order valence-corrected chi connectivity index (χ1v) is 16.6. The number of hydrogen-bond acceptors (Lipinski definition) is 7. The topological polar surface area (TPSA) is 91.2 Å². The lowest BCUT2D eigenvalue weighted by atomic mass is 9.95. The fourth-order valence-corrected chi connectivity index (χ4v) is 7.12. The number of fused-ring (bicyclic) bond motifs is 2. The van der Waals surface area contributed by atoms with E-state index in [1.807, 2.05) is 97.1 Å². The van der Waals surface area contributed by atoms with Gasteiger partial charge in [0.1, 0.15) is 12.4 Å². The monoisotopic (exact) mass is 667 g/mol. The molecule has 0 saturated heterocycles. The van der Waals surface area contributed by atoms with Crippen LogP contribution in [0, 0.1) is 0 Å². The Bertz CT molecular complexity index is 2410. The van der Waals surface area contributed by atoms with E-state index in [0.29, 0.717) is 50.1 Å². The van der Waals surface area contributed by atoms with Gasteiger partial charge in [0, 0.05) is 5.69 Å². The zero-order valence-corrected chi connectivity index (χ0v) is 28.0. The number of amides is 1. The highest BCUT2D eigenvalue weighted by Crippen LogP contribution is 2.33. The van der Waals surface area contributed by atoms with Crippen LogP contribution in [0.25, 0.3) is 16.8 Å². The number of carbonyl (C=O) groups excluding carboxylic acids is 1. The van der Waals surface area contributed by atoms with E-state index in [4.69, 9.17) is 19.2 Å². The lowest BCUT2D eigenvalue weighted by Crippen LogP contribution is -2.40. The molecule has 244 valence electrons. The van der Waals surface area contributed by atoms with Gasteiger partial charge in [0.15, 0.2) is 16.3 Å². The highest BCUT2D eigenvalue weighted by atomic mass is 32.1. The lowest BCUT2D eigenvalue weighted by Gasteiger charge is -2.25. The maximum atomic E-state index is 14.2. The standard InChI is InChI=1S/C40H33N3O5S/c1-25-36(38(44)42-30-15-5-4-6-16-30)37(28-13-10-17-31(23-28)46-2)43-39(45)35(49-40(43)41-25)22-26-19-20-33(34(21-26)47-3)48-24-29-14-9-12-27-11-7-8-18-32(27)29/h4-23,37H,24H2,1-3H3,(H,42,44)/b35-22-/t37-/m1/s1. The van der Waals surface area contributed by atoms with Crippen LogP contribution in [0.5, 0.6) is 17.2 Å². The molecule has 1 aliphatic rings. The molecule has 8 nitrogen and oxygen atoms in total. The van der Waals surface area contributed by atoms with E-state index in [0.717, 1.165) is 27.5 Å². The molecule has 7 rings (SSSR count). The first-order chi connectivity index (χ1) is 23.9. The van der Waals surface area contributed by atoms with Crippen LogP contribution in [0.2, 0.25) is 0 Å². The van der Waals surface area contributed by atoms with E-state index in [-0.39, 0.29) is 11.5 Å². The fraction of sp³-hybridized carbons (Fsp3) is 0.125. The van der Waals surface area contributed by atoms with Gasteiger partial charge in [-0.15, -0.1) is 0 Å². The third kappa shape index (κ3) is 6.36. The third-order valence-corrected chi connectivity index (χ3v) is 9.44. The first kappa shape index (κ1) is 31.7. The van der Waals surface area contributed by atoms with E-state index in [2.05, 4.69) is 29.6 Å². The lowest BCUT2D eigenvalue weighted by molar-refractivity contribution is -0.113. The van der Waals surface area contributed by atoms with Crippen LogP contribution in [0.1, 0.15) is 29.7 Å². The molecule has 9 heteroatoms. The predicted molar refractivity (Wildman–Crippen MR) is 193 cm³/mol. The number of ether oxygens (including phenoxy) is 3. The Morgan fingerprint density at radius 2 is 1.65 bits per heavy atom. The Hall–Kier alpha value is -5.93. The molecule has 49 heavy (non-hydrogen) atoms. The van der Waals surface area contributed by atoms with Crippen molar-refractivity contribution in [1.29, 1.82) is 0 Å². The van der Waals surface area contributed by atoms with Gasteiger partial charge in [-0.05, 0) is 76.9 Å². The van der Waals surface area contributed by atoms with E-state index in [1.165, 1.54) is 11.3 Å². The van der Waals surface area contributed by atoms with E-state index in [1.54, 1.807) is 25.7 Å². The molecule has 0 radical (unpaired) electrons. The summed E-state index contributed by atoms with van der Waals surface area (Å²) in [5, 5.41) is 5.27. The van der Waals surface area contributed by atoms with Crippen molar-refractivity contribution in [3.8, 4) is 17.2 Å². The predicted octanol–water partition coefficient (Wildman–Crippen LogP) is 6.62. The molecule has 1 atom stereocenters. The van der Waals surface area contributed by atoms with Gasteiger partial charge >= 0.3 is 0 Å². The van der Waals surface area contributed by atoms with Crippen molar-refractivity contribution < 1.29 is 19.0 Å². The molecule has 6 aromatic rings. The number of benzene rings is 5. The highest BCUT2D eigenvalue weighted by molar-refractivity contribution is 7.07. The molecule has 1 amide bonds. The van der Waals surface area contributed by atoms with Crippen LogP contribution in [-0.2, 0) is 11.4 Å². The van der Waals surface area contributed by atoms with Crippen LogP contribution in [0.4, 0.5) is 5.69 Å². The number of rotatable bonds is 9. The number of para-hydroxylation sites is 1. The van der Waals surface area contributed by atoms with Gasteiger partial charge in [-0.1, -0.05) is 90.2 Å². The Morgan fingerprint density at radius 3 is 2.47 bits per heavy atom. The average molecular weight is 668 g/mol. The Morgan fingerprint density at radius 1 is 0.878 bits per heavy atom. The molecule has 2 heterocycles. The van der Waals surface area contributed by atoms with Crippen molar-refractivity contribution in [3.05, 3.63) is 163 Å². The highest BCUT2D eigenvalue weighted by Gasteiger charge is 2.32. The summed E-state index contributed by atoms with van der Waals surface area (Å²) >= 11 is 1.27. The zero-order chi connectivity index (χ0) is 33.9. The number of methoxy groups -OCH3 is 2. The average Bonchev–Trinajstić information content (AvgIpc) is 3.43. The summed E-state index contributed by atoms with van der Waals surface area (Å²) in [5.41, 5.74) is 3.86. The van der Waals surface area contributed by atoms with Crippen LogP contribution < -0.4 is 34.4 Å². The van der Waals surface area contributed by atoms with Crippen LogP contribution >= 0.6 is 11.3 Å². The summed E-state index contributed by atoms with van der Waals surface area (Å²) in [6, 6.07) is 35.9. The molecule has 0 bridgehead atoms. The molecular formula is C40H33N3O5S. The van der Waals surface area contributed by atoms with E-state index >= 15 is 0 Å². The second-order valence-corrected chi connectivity index (χ2v) is 12.5. The largest absolute Gasteiger partial charge is 0.497 e. The van der Waals surface area contributed by atoms with E-state index < -0.39 is 6.04 Å². The Kier molecular flexibility index (Phi) is 8.83. The van der Waals surface area contributed by atoms with Gasteiger partial charge < -0.3 is 19.5 Å². The molecule has 1 aliphatic heterocycles. The molecule has 1 N–H and O–H groups in total. The SMILES string of the molecule is COc1cccc([C@@H]2C(C(=O)Nc3ccccc3)=C(C)N=c3s/c(=C\c4ccc(OCc5cccc6ccccc56)c(OC)c4)c(=O)n32)c1. The van der Waals surface area contributed by atoms with Crippen molar-refractivity contribution in [1.82, 2.24) is 4.57 Å². The van der Waals surface area contributed by atoms with Gasteiger partial charge in [0.2, 0.25) is 0 Å². The number of allylic oxidation sites excluding steroid dienone is 1. The number of nitrogens with one attached hydrogen (secondary N) is 1. The van der Waals surface area contributed by atoms with Crippen molar-refractivity contribution in [3.63, 3.8) is 0 Å². The minimum Gasteiger partial charge on any atom is -0.497 e. The molecular weight excluding hydrogens is 635 g/mol. The molecule has 5 aromatic carbocycles. The second-order valence-electron chi connectivity index (χ2n) is 11.5. The molecule has 0 unspecified atom stereocenters. The second kappa shape index (κ2) is 13.7. The Balaban J connectivity index is 1.25. The van der Waals surface area contributed by atoms with Crippen molar-refractivity contribution in [2.45, 2.75) is 19.6 Å². The van der Waals surface area contributed by atoms with Crippen LogP contribution in [-0.4, -0.2) is 24.7 Å². The quantitative estimate of drug-likeness (QED) is 0.187. The summed E-state index contributed by atoms with van der Waals surface area (Å²) in [6.07, 6.45) is 1.81. The fourth-order valence-electron chi connectivity index (χ4n) is 6.08. The normalized spacial score (nSPS) is 14.3. The summed E-state index contributed by atoms with van der Waals surface area (Å²) < 4.78 is 19.5. The van der Waals surface area contributed by atoms with Crippen LogP contribution in [0.15, 0.2) is 136 Å². The third-order valence-electron chi connectivity index (χ3n) is 8.46. The first-order valence-electron chi connectivity index (χ1n) is 15.7. The van der Waals surface area contributed by atoms with Crippen molar-refractivity contribution in [2.75, 3.05) is 19.5 Å². The molecule has 0 saturated carbocycles. The summed E-state index contributed by atoms with van der Waals surface area (Å²) in [5.74, 6) is 1.42. The van der Waals surface area contributed by atoms with E-state index in [9.17, 15) is 9.59 Å². The molecule has 0 spiro atoms. The van der Waals surface area contributed by atoms with Gasteiger partial charge in [-0.2, -0.15) is 0 Å². The number of aromatic nitrogens is 1. The number of thiazole rings is 1. The minimum atomic E-state index is -0.725. The minimum absolute atomic E-state index is 0.260. The zero-order valence-electron chi connectivity index (χ0n) is 27.2. The Labute approximate surface area is 286 Å².